The van der Waals surface area contributed by atoms with Crippen molar-refractivity contribution in [2.75, 3.05) is 26.7 Å². The predicted octanol–water partition coefficient (Wildman–Crippen LogP) is 0.936. The van der Waals surface area contributed by atoms with Gasteiger partial charge in [0, 0.05) is 12.6 Å². The van der Waals surface area contributed by atoms with E-state index in [0.29, 0.717) is 0 Å². The summed E-state index contributed by atoms with van der Waals surface area (Å²) in [6.07, 6.45) is 1.26. The molecule has 0 bridgehead atoms. The maximum atomic E-state index is 3.42. The summed E-state index contributed by atoms with van der Waals surface area (Å²) >= 11 is 0. The first-order valence-corrected chi connectivity index (χ1v) is 4.66. The Bertz CT molecular complexity index is 114. The van der Waals surface area contributed by atoms with Gasteiger partial charge in [-0.15, -0.1) is 0 Å². The van der Waals surface area contributed by atoms with Gasteiger partial charge in [-0.3, -0.25) is 0 Å². The Kier molecular flexibility index (Phi) is 3.34. The van der Waals surface area contributed by atoms with E-state index in [0.717, 1.165) is 12.0 Å². The van der Waals surface area contributed by atoms with Gasteiger partial charge in [0.05, 0.1) is 0 Å². The molecule has 1 rings (SSSR count). The Morgan fingerprint density at radius 1 is 1.45 bits per heavy atom. The van der Waals surface area contributed by atoms with E-state index in [2.05, 4.69) is 31.1 Å². The van der Waals surface area contributed by atoms with E-state index in [1.807, 2.05) is 0 Å². The van der Waals surface area contributed by atoms with Gasteiger partial charge in [-0.25, -0.2) is 0 Å². The summed E-state index contributed by atoms with van der Waals surface area (Å²) in [7, 11) is 2.23. The zero-order valence-electron chi connectivity index (χ0n) is 7.93. The summed E-state index contributed by atoms with van der Waals surface area (Å²) in [6.45, 7) is 8.17. The molecule has 0 saturated carbocycles. The maximum absolute atomic E-state index is 3.42. The quantitative estimate of drug-likeness (QED) is 0.654. The molecule has 0 amide bonds. The van der Waals surface area contributed by atoms with Crippen LogP contribution in [0.5, 0.6) is 0 Å². The summed E-state index contributed by atoms with van der Waals surface area (Å²) in [5.74, 6) is 0.826. The summed E-state index contributed by atoms with van der Waals surface area (Å²) < 4.78 is 0. The fraction of sp³-hybridized carbons (Fsp3) is 1.00. The molecule has 2 heteroatoms. The average molecular weight is 156 g/mol. The van der Waals surface area contributed by atoms with Crippen molar-refractivity contribution in [2.45, 2.75) is 26.3 Å². The number of rotatable bonds is 3. The molecule has 0 aromatic carbocycles. The Morgan fingerprint density at radius 2 is 2.18 bits per heavy atom. The topological polar surface area (TPSA) is 15.3 Å². The van der Waals surface area contributed by atoms with E-state index in [9.17, 15) is 0 Å². The van der Waals surface area contributed by atoms with Crippen LogP contribution in [0.15, 0.2) is 0 Å². The Balaban J connectivity index is 2.33. The zero-order valence-corrected chi connectivity index (χ0v) is 7.93. The van der Waals surface area contributed by atoms with Crippen molar-refractivity contribution in [3.63, 3.8) is 0 Å². The molecule has 0 aliphatic carbocycles. The van der Waals surface area contributed by atoms with Crippen LogP contribution in [0.3, 0.4) is 0 Å². The summed E-state index contributed by atoms with van der Waals surface area (Å²) in [5.41, 5.74) is 0. The van der Waals surface area contributed by atoms with Gasteiger partial charge in [-0.2, -0.15) is 0 Å². The molecule has 2 atom stereocenters. The second-order valence-electron chi connectivity index (χ2n) is 3.68. The fourth-order valence-electron chi connectivity index (χ4n) is 1.90. The average Bonchev–Trinajstić information content (AvgIpc) is 2.36. The first kappa shape index (κ1) is 9.01. The smallest absolute Gasteiger partial charge is 0.0255 e. The lowest BCUT2D eigenvalue weighted by Crippen LogP contribution is -2.37. The second kappa shape index (κ2) is 4.07. The van der Waals surface area contributed by atoms with Gasteiger partial charge in [0.15, 0.2) is 0 Å². The van der Waals surface area contributed by atoms with Gasteiger partial charge < -0.3 is 10.2 Å². The van der Waals surface area contributed by atoms with Crippen LogP contribution in [0.2, 0.25) is 0 Å². The lowest BCUT2D eigenvalue weighted by Gasteiger charge is -2.26. The highest BCUT2D eigenvalue weighted by molar-refractivity contribution is 4.84. The van der Waals surface area contributed by atoms with Crippen LogP contribution in [0.25, 0.3) is 0 Å². The maximum Gasteiger partial charge on any atom is 0.0255 e. The van der Waals surface area contributed by atoms with E-state index in [1.165, 1.54) is 26.1 Å². The third kappa shape index (κ3) is 2.17. The fourth-order valence-corrected chi connectivity index (χ4v) is 1.90. The number of nitrogens with one attached hydrogen (secondary N) is 1. The van der Waals surface area contributed by atoms with Gasteiger partial charge >= 0.3 is 0 Å². The van der Waals surface area contributed by atoms with Gasteiger partial charge in [0.25, 0.3) is 0 Å². The van der Waals surface area contributed by atoms with Crippen molar-refractivity contribution < 1.29 is 0 Å². The lowest BCUT2D eigenvalue weighted by atomic mass is 10.1. The SMILES string of the molecule is CCCN(C)[C@H]1CNC[C@@H]1C. The van der Waals surface area contributed by atoms with Gasteiger partial charge in [0.1, 0.15) is 0 Å². The molecule has 0 spiro atoms. The van der Waals surface area contributed by atoms with Crippen molar-refractivity contribution in [2.24, 2.45) is 5.92 Å². The standard InChI is InChI=1S/C9H20N2/c1-4-5-11(3)9-7-10-6-8(9)2/h8-10H,4-7H2,1-3H3/t8-,9-/m0/s1. The predicted molar refractivity (Wildman–Crippen MR) is 48.7 cm³/mol. The van der Waals surface area contributed by atoms with Crippen LogP contribution in [0.4, 0.5) is 0 Å². The third-order valence-corrected chi connectivity index (χ3v) is 2.62. The van der Waals surface area contributed by atoms with Crippen LogP contribution in [0.1, 0.15) is 20.3 Å². The molecule has 0 unspecified atom stereocenters. The molecule has 0 aromatic rings. The highest BCUT2D eigenvalue weighted by atomic mass is 15.2. The third-order valence-electron chi connectivity index (χ3n) is 2.62. The van der Waals surface area contributed by atoms with Gasteiger partial charge in [-0.05, 0) is 32.5 Å². The monoisotopic (exact) mass is 156 g/mol. The summed E-state index contributed by atoms with van der Waals surface area (Å²) in [6, 6.07) is 0.773. The molecular weight excluding hydrogens is 136 g/mol. The minimum Gasteiger partial charge on any atom is -0.315 e. The largest absolute Gasteiger partial charge is 0.315 e. The first-order chi connectivity index (χ1) is 5.25. The van der Waals surface area contributed by atoms with Crippen LogP contribution in [-0.4, -0.2) is 37.6 Å². The minimum absolute atomic E-state index is 0.773. The van der Waals surface area contributed by atoms with Crippen molar-refractivity contribution >= 4 is 0 Å². The van der Waals surface area contributed by atoms with Crippen molar-refractivity contribution in [1.29, 1.82) is 0 Å². The van der Waals surface area contributed by atoms with E-state index in [-0.39, 0.29) is 0 Å². The number of nitrogens with zero attached hydrogens (tertiary/aromatic N) is 1. The molecule has 66 valence electrons. The number of hydrogen-bond acceptors (Lipinski definition) is 2. The Labute approximate surface area is 70.0 Å². The van der Waals surface area contributed by atoms with Crippen molar-refractivity contribution in [1.82, 2.24) is 10.2 Å². The Hall–Kier alpha value is -0.0800. The van der Waals surface area contributed by atoms with E-state index >= 15 is 0 Å². The van der Waals surface area contributed by atoms with E-state index < -0.39 is 0 Å². The molecule has 0 aromatic heterocycles. The zero-order chi connectivity index (χ0) is 8.27. The van der Waals surface area contributed by atoms with Crippen LogP contribution >= 0.6 is 0 Å². The summed E-state index contributed by atoms with van der Waals surface area (Å²) in [5, 5.41) is 3.42. The van der Waals surface area contributed by atoms with Crippen LogP contribution in [0, 0.1) is 5.92 Å². The normalized spacial score (nSPS) is 31.6. The van der Waals surface area contributed by atoms with Crippen molar-refractivity contribution in [3.05, 3.63) is 0 Å². The molecule has 1 heterocycles. The highest BCUT2D eigenvalue weighted by Gasteiger charge is 2.25. The lowest BCUT2D eigenvalue weighted by molar-refractivity contribution is 0.220. The van der Waals surface area contributed by atoms with Crippen LogP contribution in [-0.2, 0) is 0 Å². The first-order valence-electron chi connectivity index (χ1n) is 4.66. The highest BCUT2D eigenvalue weighted by Crippen LogP contribution is 2.13. The summed E-state index contributed by atoms with van der Waals surface area (Å²) in [4.78, 5) is 2.48. The van der Waals surface area contributed by atoms with Gasteiger partial charge in [-0.1, -0.05) is 13.8 Å². The molecule has 0 radical (unpaired) electrons. The van der Waals surface area contributed by atoms with Gasteiger partial charge in [0.2, 0.25) is 0 Å². The molecule has 11 heavy (non-hydrogen) atoms. The van der Waals surface area contributed by atoms with Crippen LogP contribution < -0.4 is 5.32 Å². The van der Waals surface area contributed by atoms with E-state index in [4.69, 9.17) is 0 Å². The number of hydrogen-bond donors (Lipinski definition) is 1. The molecule has 1 N–H and O–H groups in total. The minimum atomic E-state index is 0.773. The molecule has 1 saturated heterocycles. The Morgan fingerprint density at radius 3 is 2.64 bits per heavy atom. The number of likely N-dealkylation sites (N-methyl/N-ethyl adjacent to an activating group) is 1. The molecule has 1 fully saturated rings. The molecular formula is C9H20N2. The second-order valence-corrected chi connectivity index (χ2v) is 3.68. The molecule has 2 nitrogen and oxygen atoms in total. The molecule has 1 aliphatic rings. The molecule has 1 aliphatic heterocycles. The van der Waals surface area contributed by atoms with E-state index in [1.54, 1.807) is 0 Å². The van der Waals surface area contributed by atoms with Crippen molar-refractivity contribution in [3.8, 4) is 0 Å².